The average Bonchev–Trinajstić information content (AvgIpc) is 2.93. The van der Waals surface area contributed by atoms with Crippen molar-refractivity contribution >= 4 is 23.8 Å². The number of hydrogen-bond donors (Lipinski definition) is 2. The van der Waals surface area contributed by atoms with Crippen molar-refractivity contribution in [3.63, 3.8) is 0 Å². The van der Waals surface area contributed by atoms with Gasteiger partial charge in [0.05, 0.1) is 13.7 Å². The maximum absolute atomic E-state index is 13.5. The van der Waals surface area contributed by atoms with Crippen molar-refractivity contribution in [2.75, 3.05) is 20.3 Å². The normalized spacial score (nSPS) is 32.9. The summed E-state index contributed by atoms with van der Waals surface area (Å²) in [5, 5.41) is 11.4. The molecule has 1 saturated carbocycles. The molecule has 186 valence electrons. The van der Waals surface area contributed by atoms with Crippen molar-refractivity contribution in [2.45, 2.75) is 64.1 Å². The van der Waals surface area contributed by atoms with Crippen molar-refractivity contribution in [3.05, 3.63) is 35.5 Å². The van der Waals surface area contributed by atoms with Crippen LogP contribution in [0.1, 0.15) is 52.9 Å². The molecule has 0 radical (unpaired) electrons. The first kappa shape index (κ1) is 25.7. The molecule has 2 aliphatic carbocycles. The molecule has 2 fully saturated rings. The zero-order chi connectivity index (χ0) is 25.1. The monoisotopic (exact) mass is 475 g/mol. The third-order valence-corrected chi connectivity index (χ3v) is 7.39. The van der Waals surface area contributed by atoms with Crippen LogP contribution in [0.3, 0.4) is 0 Å². The number of carbonyl (C=O) groups is 4. The van der Waals surface area contributed by atoms with E-state index in [1.54, 1.807) is 38.2 Å². The predicted octanol–water partition coefficient (Wildman–Crippen LogP) is 1.89. The van der Waals surface area contributed by atoms with E-state index in [9.17, 15) is 19.2 Å². The van der Waals surface area contributed by atoms with Gasteiger partial charge in [-0.25, -0.2) is 4.79 Å². The lowest BCUT2D eigenvalue weighted by molar-refractivity contribution is -0.235. The molecule has 1 saturated heterocycles. The molecule has 1 heterocycles. The molecule has 3 rings (SSSR count). The second-order valence-corrected chi connectivity index (χ2v) is 9.34. The molecular formula is C25H33NO8. The molecule has 0 aromatic carbocycles. The summed E-state index contributed by atoms with van der Waals surface area (Å²) in [5.74, 6) is -2.06. The number of methoxy groups -OCH3 is 1. The van der Waals surface area contributed by atoms with Crippen LogP contribution in [0, 0.1) is 11.3 Å². The van der Waals surface area contributed by atoms with Gasteiger partial charge in [-0.3, -0.25) is 14.4 Å². The van der Waals surface area contributed by atoms with Crippen LogP contribution in [0.15, 0.2) is 35.5 Å². The average molecular weight is 476 g/mol. The van der Waals surface area contributed by atoms with E-state index in [-0.39, 0.29) is 31.4 Å². The molecule has 0 spiro atoms. The number of aliphatic hydroxyl groups is 1. The third kappa shape index (κ3) is 4.29. The highest BCUT2D eigenvalue weighted by molar-refractivity contribution is 5.93. The number of ether oxygens (including phenoxy) is 3. The molecule has 1 amide bonds. The summed E-state index contributed by atoms with van der Waals surface area (Å²) >= 11 is 0. The molecule has 0 aromatic heterocycles. The molecule has 3 aliphatic rings. The van der Waals surface area contributed by atoms with Crippen molar-refractivity contribution in [1.82, 2.24) is 5.32 Å². The van der Waals surface area contributed by atoms with E-state index in [2.05, 4.69) is 5.32 Å². The number of carbonyl (C=O) groups excluding carboxylic acids is 4. The number of aliphatic hydroxyl groups excluding tert-OH is 1. The zero-order valence-electron chi connectivity index (χ0n) is 20.1. The Balaban J connectivity index is 1.97. The largest absolute Gasteiger partial charge is 0.466 e. The van der Waals surface area contributed by atoms with Gasteiger partial charge in [-0.15, -0.1) is 0 Å². The molecular weight excluding hydrogens is 442 g/mol. The maximum atomic E-state index is 13.5. The number of hydrogen-bond acceptors (Lipinski definition) is 8. The van der Waals surface area contributed by atoms with Crippen LogP contribution in [-0.2, 0) is 33.4 Å². The fourth-order valence-corrected chi connectivity index (χ4v) is 5.76. The first-order valence-corrected chi connectivity index (χ1v) is 11.5. The minimum Gasteiger partial charge on any atom is -0.466 e. The first-order chi connectivity index (χ1) is 16.0. The number of nitrogens with one attached hydrogen (secondary N) is 1. The van der Waals surface area contributed by atoms with Gasteiger partial charge in [-0.2, -0.15) is 0 Å². The molecule has 2 N–H and O–H groups in total. The van der Waals surface area contributed by atoms with E-state index in [1.807, 2.05) is 0 Å². The van der Waals surface area contributed by atoms with Crippen LogP contribution in [0.2, 0.25) is 0 Å². The molecule has 0 aromatic rings. The predicted molar refractivity (Wildman–Crippen MR) is 121 cm³/mol. The summed E-state index contributed by atoms with van der Waals surface area (Å²) in [4.78, 5) is 50.1. The molecule has 4 atom stereocenters. The Labute approximate surface area is 199 Å². The summed E-state index contributed by atoms with van der Waals surface area (Å²) in [5.41, 5.74) is -2.40. The second-order valence-electron chi connectivity index (χ2n) is 9.34. The molecule has 0 unspecified atom stereocenters. The Hall–Kier alpha value is -2.94. The Morgan fingerprint density at radius 2 is 2.03 bits per heavy atom. The van der Waals surface area contributed by atoms with E-state index >= 15 is 0 Å². The van der Waals surface area contributed by atoms with Gasteiger partial charge in [0.15, 0.2) is 0 Å². The Morgan fingerprint density at radius 1 is 1.29 bits per heavy atom. The van der Waals surface area contributed by atoms with E-state index < -0.39 is 34.5 Å². The SMILES string of the molecule is COC(=O)C1=CC[C@@]23CC[C@@H]([C@@](C)(/C=C/C=C(\C)C(=O)NCCO)OC2=O)[C@@]3(OC(C)=O)CC1. The van der Waals surface area contributed by atoms with E-state index in [0.29, 0.717) is 36.8 Å². The van der Waals surface area contributed by atoms with Gasteiger partial charge < -0.3 is 24.6 Å². The molecule has 1 aliphatic heterocycles. The highest BCUT2D eigenvalue weighted by Gasteiger charge is 2.74. The summed E-state index contributed by atoms with van der Waals surface area (Å²) in [6, 6.07) is 0. The number of esters is 3. The van der Waals surface area contributed by atoms with Gasteiger partial charge in [-0.05, 0) is 52.0 Å². The minimum absolute atomic E-state index is 0.152. The van der Waals surface area contributed by atoms with Crippen LogP contribution in [-0.4, -0.2) is 60.4 Å². The van der Waals surface area contributed by atoms with Crippen LogP contribution in [0.5, 0.6) is 0 Å². The summed E-state index contributed by atoms with van der Waals surface area (Å²) < 4.78 is 16.9. The maximum Gasteiger partial charge on any atom is 0.333 e. The lowest BCUT2D eigenvalue weighted by Gasteiger charge is -2.54. The van der Waals surface area contributed by atoms with Crippen LogP contribution in [0.25, 0.3) is 0 Å². The minimum atomic E-state index is -1.13. The van der Waals surface area contributed by atoms with E-state index in [4.69, 9.17) is 19.3 Å². The molecule has 9 heteroatoms. The van der Waals surface area contributed by atoms with Crippen molar-refractivity contribution in [2.24, 2.45) is 11.3 Å². The Kier molecular flexibility index (Phi) is 7.35. The van der Waals surface area contributed by atoms with Crippen molar-refractivity contribution < 1.29 is 38.5 Å². The number of allylic oxidation sites excluding steroid dienone is 3. The van der Waals surface area contributed by atoms with Gasteiger partial charge in [0, 0.05) is 30.5 Å². The molecule has 2 bridgehead atoms. The fourth-order valence-electron chi connectivity index (χ4n) is 5.76. The summed E-state index contributed by atoms with van der Waals surface area (Å²) in [7, 11) is 1.31. The van der Waals surface area contributed by atoms with Crippen LogP contribution in [0.4, 0.5) is 0 Å². The number of rotatable bonds is 7. The topological polar surface area (TPSA) is 128 Å². The Bertz CT molecular complexity index is 966. The highest BCUT2D eigenvalue weighted by atomic mass is 16.6. The fraction of sp³-hybridized carbons (Fsp3) is 0.600. The van der Waals surface area contributed by atoms with E-state index in [1.165, 1.54) is 14.0 Å². The summed E-state index contributed by atoms with van der Waals surface area (Å²) in [6.45, 7) is 4.74. The van der Waals surface area contributed by atoms with Gasteiger partial charge in [0.1, 0.15) is 16.6 Å². The highest BCUT2D eigenvalue weighted by Crippen LogP contribution is 2.65. The van der Waals surface area contributed by atoms with Crippen LogP contribution >= 0.6 is 0 Å². The first-order valence-electron chi connectivity index (χ1n) is 11.5. The van der Waals surface area contributed by atoms with Crippen LogP contribution < -0.4 is 5.32 Å². The number of amides is 1. The van der Waals surface area contributed by atoms with Crippen molar-refractivity contribution in [1.29, 1.82) is 0 Å². The molecule has 9 nitrogen and oxygen atoms in total. The van der Waals surface area contributed by atoms with Gasteiger partial charge in [0.2, 0.25) is 5.91 Å². The zero-order valence-corrected chi connectivity index (χ0v) is 20.1. The standard InChI is InChI=1S/C25H33NO8/c1-16(20(29)26-14-15-27)6-5-10-23(3)19-9-12-24(22(31)34-23)11-7-18(21(30)32-4)8-13-25(19,24)33-17(2)28/h5-7,10,19,27H,8-9,11-15H2,1-4H3,(H,26,29)/b10-5+,16-6+/t19-,23+,24+,25-/m0/s1. The smallest absolute Gasteiger partial charge is 0.333 e. The lowest BCUT2D eigenvalue weighted by Crippen LogP contribution is -2.65. The quantitative estimate of drug-likeness (QED) is 0.247. The number of cyclic esters (lactones) is 1. The molecule has 34 heavy (non-hydrogen) atoms. The summed E-state index contributed by atoms with van der Waals surface area (Å²) in [6.07, 6.45) is 8.61. The van der Waals surface area contributed by atoms with Gasteiger partial charge >= 0.3 is 17.9 Å². The van der Waals surface area contributed by atoms with Gasteiger partial charge in [0.25, 0.3) is 0 Å². The van der Waals surface area contributed by atoms with Crippen molar-refractivity contribution in [3.8, 4) is 0 Å². The Morgan fingerprint density at radius 3 is 2.68 bits per heavy atom. The van der Waals surface area contributed by atoms with E-state index in [0.717, 1.165) is 0 Å². The lowest BCUT2D eigenvalue weighted by atomic mass is 9.62. The third-order valence-electron chi connectivity index (χ3n) is 7.39. The van der Waals surface area contributed by atoms with Gasteiger partial charge in [-0.1, -0.05) is 18.2 Å². The second kappa shape index (κ2) is 9.74.